The molecule has 0 bridgehead atoms. The van der Waals surface area contributed by atoms with Gasteiger partial charge in [0.25, 0.3) is 17.7 Å². The molecule has 0 radical (unpaired) electrons. The van der Waals surface area contributed by atoms with Gasteiger partial charge in [-0.25, -0.2) is 0 Å². The first kappa shape index (κ1) is 24.9. The number of anilines is 1. The number of nitrogens with one attached hydrogen (secondary N) is 2. The van der Waals surface area contributed by atoms with Crippen molar-refractivity contribution in [2.24, 2.45) is 0 Å². The average molecular weight is 500 g/mol. The molecular formula is C24H22ClN3O5S. The number of halogens is 1. The van der Waals surface area contributed by atoms with Crippen molar-refractivity contribution in [3.8, 4) is 11.5 Å². The number of nitrogens with zero attached hydrogens (tertiary/aromatic N) is 1. The molecule has 3 rings (SSSR count). The lowest BCUT2D eigenvalue weighted by Crippen LogP contribution is -2.53. The van der Waals surface area contributed by atoms with Crippen molar-refractivity contribution < 1.29 is 23.9 Å². The van der Waals surface area contributed by atoms with E-state index in [0.717, 1.165) is 5.56 Å². The summed E-state index contributed by atoms with van der Waals surface area (Å²) in [4.78, 5) is 38.6. The van der Waals surface area contributed by atoms with Gasteiger partial charge < -0.3 is 14.8 Å². The van der Waals surface area contributed by atoms with Crippen LogP contribution < -0.4 is 20.1 Å². The van der Waals surface area contributed by atoms with Crippen LogP contribution >= 0.6 is 23.8 Å². The smallest absolute Gasteiger partial charge is 0.265 e. The zero-order valence-corrected chi connectivity index (χ0v) is 20.1. The van der Waals surface area contributed by atoms with E-state index in [-0.39, 0.29) is 46.3 Å². The van der Waals surface area contributed by atoms with Gasteiger partial charge in [0.1, 0.15) is 5.57 Å². The molecule has 0 unspecified atom stereocenters. The Balaban J connectivity index is 1.78. The molecule has 0 atom stereocenters. The summed E-state index contributed by atoms with van der Waals surface area (Å²) >= 11 is 11.4. The molecule has 34 heavy (non-hydrogen) atoms. The van der Waals surface area contributed by atoms with E-state index in [9.17, 15) is 14.4 Å². The van der Waals surface area contributed by atoms with E-state index < -0.39 is 11.8 Å². The molecule has 1 fully saturated rings. The van der Waals surface area contributed by atoms with Crippen LogP contribution in [0.1, 0.15) is 11.1 Å². The quantitative estimate of drug-likeness (QED) is 0.250. The molecule has 0 aromatic heterocycles. The monoisotopic (exact) mass is 499 g/mol. The summed E-state index contributed by atoms with van der Waals surface area (Å²) in [6.07, 6.45) is 2.87. The molecule has 1 saturated heterocycles. The normalized spacial score (nSPS) is 14.6. The number of aryl methyl sites for hydroxylation is 1. The SMILES string of the molecule is C=CCN1C(=O)/C(=C/c2cc(Cl)c(OCC(=O)Nc3ccc(C)cc3)c(OC)c2)C(=O)NC1=S. The van der Waals surface area contributed by atoms with Crippen molar-refractivity contribution in [3.63, 3.8) is 0 Å². The highest BCUT2D eigenvalue weighted by molar-refractivity contribution is 7.80. The minimum atomic E-state index is -0.626. The average Bonchev–Trinajstić information content (AvgIpc) is 2.80. The Morgan fingerprint density at radius 3 is 2.62 bits per heavy atom. The van der Waals surface area contributed by atoms with E-state index in [1.807, 2.05) is 19.1 Å². The third-order valence-corrected chi connectivity index (χ3v) is 5.35. The lowest BCUT2D eigenvalue weighted by Gasteiger charge is -2.27. The Labute approximate surface area is 207 Å². The number of methoxy groups -OCH3 is 1. The van der Waals surface area contributed by atoms with Crippen molar-refractivity contribution in [2.75, 3.05) is 25.6 Å². The van der Waals surface area contributed by atoms with Crippen LogP contribution in [-0.2, 0) is 14.4 Å². The van der Waals surface area contributed by atoms with Crippen LogP contribution in [0.25, 0.3) is 6.08 Å². The number of thiocarbonyl (C=S) groups is 1. The molecule has 1 aliphatic heterocycles. The van der Waals surface area contributed by atoms with Crippen LogP contribution in [0.15, 0.2) is 54.6 Å². The predicted molar refractivity (Wildman–Crippen MR) is 134 cm³/mol. The van der Waals surface area contributed by atoms with Crippen molar-refractivity contribution in [1.29, 1.82) is 0 Å². The Bertz CT molecular complexity index is 1190. The molecule has 3 amide bonds. The maximum Gasteiger partial charge on any atom is 0.265 e. The van der Waals surface area contributed by atoms with Gasteiger partial charge in [0.15, 0.2) is 23.2 Å². The first-order valence-corrected chi connectivity index (χ1v) is 10.9. The van der Waals surface area contributed by atoms with Gasteiger partial charge in [-0.1, -0.05) is 35.4 Å². The van der Waals surface area contributed by atoms with Crippen molar-refractivity contribution >= 4 is 58.4 Å². The Morgan fingerprint density at radius 2 is 1.97 bits per heavy atom. The van der Waals surface area contributed by atoms with E-state index in [1.165, 1.54) is 36.3 Å². The van der Waals surface area contributed by atoms with Gasteiger partial charge in [0.2, 0.25) is 0 Å². The van der Waals surface area contributed by atoms with E-state index >= 15 is 0 Å². The van der Waals surface area contributed by atoms with E-state index in [1.54, 1.807) is 12.1 Å². The summed E-state index contributed by atoms with van der Waals surface area (Å²) in [7, 11) is 1.41. The topological polar surface area (TPSA) is 97.0 Å². The molecule has 2 aromatic carbocycles. The number of benzene rings is 2. The fourth-order valence-corrected chi connectivity index (χ4v) is 3.61. The molecule has 0 spiro atoms. The molecule has 1 heterocycles. The van der Waals surface area contributed by atoms with Gasteiger partial charge in [-0.2, -0.15) is 0 Å². The Hall–Kier alpha value is -3.69. The molecule has 8 nitrogen and oxygen atoms in total. The molecule has 2 N–H and O–H groups in total. The highest BCUT2D eigenvalue weighted by Gasteiger charge is 2.32. The summed E-state index contributed by atoms with van der Waals surface area (Å²) in [5, 5.41) is 5.35. The van der Waals surface area contributed by atoms with E-state index in [0.29, 0.717) is 11.3 Å². The summed E-state index contributed by atoms with van der Waals surface area (Å²) in [5.74, 6) is -1.19. The maximum absolute atomic E-state index is 12.7. The van der Waals surface area contributed by atoms with Gasteiger partial charge in [-0.15, -0.1) is 6.58 Å². The second-order valence-electron chi connectivity index (χ2n) is 7.26. The third-order valence-electron chi connectivity index (χ3n) is 4.74. The van der Waals surface area contributed by atoms with Crippen molar-refractivity contribution in [1.82, 2.24) is 10.2 Å². The summed E-state index contributed by atoms with van der Waals surface area (Å²) < 4.78 is 10.9. The summed E-state index contributed by atoms with van der Waals surface area (Å²) in [6, 6.07) is 10.4. The zero-order valence-electron chi connectivity index (χ0n) is 18.5. The highest BCUT2D eigenvalue weighted by Crippen LogP contribution is 2.37. The number of hydrogen-bond acceptors (Lipinski definition) is 6. The number of ether oxygens (including phenoxy) is 2. The number of rotatable bonds is 8. The minimum Gasteiger partial charge on any atom is -0.493 e. The number of carbonyl (C=O) groups is 3. The minimum absolute atomic E-state index is 0.00956. The van der Waals surface area contributed by atoms with Gasteiger partial charge in [-0.05, 0) is 55.0 Å². The molecule has 0 aliphatic carbocycles. The number of carbonyl (C=O) groups excluding carboxylic acids is 3. The fraction of sp³-hybridized carbons (Fsp3) is 0.167. The maximum atomic E-state index is 12.7. The summed E-state index contributed by atoms with van der Waals surface area (Å²) in [6.45, 7) is 5.38. The molecule has 176 valence electrons. The number of amides is 3. The lowest BCUT2D eigenvalue weighted by atomic mass is 10.1. The fourth-order valence-electron chi connectivity index (χ4n) is 3.09. The summed E-state index contributed by atoms with van der Waals surface area (Å²) in [5.41, 5.74) is 2.01. The molecule has 2 aromatic rings. The molecule has 0 saturated carbocycles. The van der Waals surface area contributed by atoms with Crippen LogP contribution in [0.3, 0.4) is 0 Å². The predicted octanol–water partition coefficient (Wildman–Crippen LogP) is 3.49. The van der Waals surface area contributed by atoms with Crippen LogP contribution in [0.2, 0.25) is 5.02 Å². The van der Waals surface area contributed by atoms with Gasteiger partial charge >= 0.3 is 0 Å². The van der Waals surface area contributed by atoms with Crippen molar-refractivity contribution in [2.45, 2.75) is 6.92 Å². The third kappa shape index (κ3) is 5.81. The van der Waals surface area contributed by atoms with Crippen LogP contribution in [0.5, 0.6) is 11.5 Å². The largest absolute Gasteiger partial charge is 0.493 e. The lowest BCUT2D eigenvalue weighted by molar-refractivity contribution is -0.128. The molecule has 1 aliphatic rings. The molecule has 10 heteroatoms. The molecular weight excluding hydrogens is 478 g/mol. The standard InChI is InChI=1S/C24H22ClN3O5S/c1-4-9-28-23(31)17(22(30)27-24(28)34)10-15-11-18(25)21(19(12-15)32-3)33-13-20(29)26-16-7-5-14(2)6-8-16/h4-8,10-12H,1,9,13H2,2-3H3,(H,26,29)(H,27,30,34)/b17-10+. The van der Waals surface area contributed by atoms with E-state index in [4.69, 9.17) is 33.3 Å². The Kier molecular flexibility index (Phi) is 8.04. The Morgan fingerprint density at radius 1 is 1.26 bits per heavy atom. The zero-order chi connectivity index (χ0) is 24.8. The van der Waals surface area contributed by atoms with Crippen molar-refractivity contribution in [3.05, 3.63) is 70.8 Å². The van der Waals surface area contributed by atoms with Crippen LogP contribution in [0, 0.1) is 6.92 Å². The first-order chi connectivity index (χ1) is 16.2. The van der Waals surface area contributed by atoms with Gasteiger partial charge in [0.05, 0.1) is 12.1 Å². The van der Waals surface area contributed by atoms with Gasteiger partial charge in [0, 0.05) is 12.2 Å². The highest BCUT2D eigenvalue weighted by atomic mass is 35.5. The number of hydrogen-bond donors (Lipinski definition) is 2. The van der Waals surface area contributed by atoms with Gasteiger partial charge in [-0.3, -0.25) is 24.6 Å². The first-order valence-electron chi connectivity index (χ1n) is 10.1. The van der Waals surface area contributed by atoms with Crippen LogP contribution in [0.4, 0.5) is 5.69 Å². The second kappa shape index (κ2) is 11.0. The van der Waals surface area contributed by atoms with Crippen LogP contribution in [-0.4, -0.2) is 48.0 Å². The second-order valence-corrected chi connectivity index (χ2v) is 8.05. The van der Waals surface area contributed by atoms with E-state index in [2.05, 4.69) is 17.2 Å².